The van der Waals surface area contributed by atoms with E-state index in [1.807, 2.05) is 13.8 Å². The summed E-state index contributed by atoms with van der Waals surface area (Å²) in [6, 6.07) is 2.79. The minimum absolute atomic E-state index is 0.0524. The van der Waals surface area contributed by atoms with E-state index in [9.17, 15) is 10.1 Å². The molecular weight excluding hydrogens is 220 g/mol. The molecule has 17 heavy (non-hydrogen) atoms. The van der Waals surface area contributed by atoms with Gasteiger partial charge >= 0.3 is 5.69 Å². The SMILES string of the molecule is CCCC(C)(C)Nc1nc(N)ccc1[N+](=O)[O-]. The number of hydrogen-bond acceptors (Lipinski definition) is 5. The summed E-state index contributed by atoms with van der Waals surface area (Å²) < 4.78 is 0. The normalized spacial score (nSPS) is 11.2. The number of nitrogen functional groups attached to an aromatic ring is 1. The lowest BCUT2D eigenvalue weighted by Gasteiger charge is -2.26. The van der Waals surface area contributed by atoms with E-state index in [-0.39, 0.29) is 22.9 Å². The first-order valence-corrected chi connectivity index (χ1v) is 5.55. The van der Waals surface area contributed by atoms with Gasteiger partial charge in [0.25, 0.3) is 0 Å². The first-order valence-electron chi connectivity index (χ1n) is 5.55. The largest absolute Gasteiger partial charge is 0.384 e. The molecule has 0 saturated heterocycles. The topological polar surface area (TPSA) is 94.1 Å². The monoisotopic (exact) mass is 238 g/mol. The van der Waals surface area contributed by atoms with Crippen LogP contribution in [0.5, 0.6) is 0 Å². The predicted octanol–water partition coefficient (Wildman–Crippen LogP) is 2.56. The second kappa shape index (κ2) is 4.99. The number of nitro groups is 1. The van der Waals surface area contributed by atoms with Gasteiger partial charge in [0, 0.05) is 11.6 Å². The molecule has 6 nitrogen and oxygen atoms in total. The van der Waals surface area contributed by atoms with Crippen molar-refractivity contribution in [3.63, 3.8) is 0 Å². The maximum Gasteiger partial charge on any atom is 0.311 e. The van der Waals surface area contributed by atoms with Crippen molar-refractivity contribution in [2.75, 3.05) is 11.1 Å². The number of rotatable bonds is 5. The maximum atomic E-state index is 10.9. The average molecular weight is 238 g/mol. The van der Waals surface area contributed by atoms with Gasteiger partial charge in [-0.3, -0.25) is 10.1 Å². The molecule has 1 aromatic heterocycles. The molecule has 0 radical (unpaired) electrons. The molecule has 0 bridgehead atoms. The van der Waals surface area contributed by atoms with Crippen molar-refractivity contribution in [1.29, 1.82) is 0 Å². The van der Waals surface area contributed by atoms with E-state index in [1.165, 1.54) is 12.1 Å². The number of nitrogens with zero attached hydrogens (tertiary/aromatic N) is 2. The molecule has 0 fully saturated rings. The predicted molar refractivity (Wildman–Crippen MR) is 67.9 cm³/mol. The molecule has 1 aromatic rings. The molecule has 0 saturated carbocycles. The van der Waals surface area contributed by atoms with Gasteiger partial charge in [-0.05, 0) is 26.3 Å². The molecule has 3 N–H and O–H groups in total. The quantitative estimate of drug-likeness (QED) is 0.607. The fourth-order valence-electron chi connectivity index (χ4n) is 1.71. The fourth-order valence-corrected chi connectivity index (χ4v) is 1.71. The summed E-state index contributed by atoms with van der Waals surface area (Å²) in [6.45, 7) is 6.01. The highest BCUT2D eigenvalue weighted by atomic mass is 16.6. The van der Waals surface area contributed by atoms with Gasteiger partial charge in [-0.2, -0.15) is 0 Å². The average Bonchev–Trinajstić information content (AvgIpc) is 2.15. The van der Waals surface area contributed by atoms with Gasteiger partial charge in [-0.1, -0.05) is 13.3 Å². The van der Waals surface area contributed by atoms with Gasteiger partial charge < -0.3 is 11.1 Å². The third-order valence-electron chi connectivity index (χ3n) is 2.42. The van der Waals surface area contributed by atoms with E-state index in [1.54, 1.807) is 0 Å². The van der Waals surface area contributed by atoms with Crippen molar-refractivity contribution in [2.45, 2.75) is 39.2 Å². The summed E-state index contributed by atoms with van der Waals surface area (Å²) in [7, 11) is 0. The fraction of sp³-hybridized carbons (Fsp3) is 0.545. The maximum absolute atomic E-state index is 10.9. The summed E-state index contributed by atoms with van der Waals surface area (Å²) in [6.07, 6.45) is 1.87. The molecule has 0 aliphatic carbocycles. The molecule has 0 aliphatic rings. The van der Waals surface area contributed by atoms with Gasteiger partial charge in [-0.15, -0.1) is 0 Å². The molecular formula is C11H18N4O2. The zero-order valence-electron chi connectivity index (χ0n) is 10.4. The van der Waals surface area contributed by atoms with Crippen LogP contribution >= 0.6 is 0 Å². The highest BCUT2D eigenvalue weighted by Crippen LogP contribution is 2.27. The first-order chi connectivity index (χ1) is 7.85. The first kappa shape index (κ1) is 13.2. The summed E-state index contributed by atoms with van der Waals surface area (Å²) >= 11 is 0. The molecule has 0 atom stereocenters. The lowest BCUT2D eigenvalue weighted by Crippen LogP contribution is -2.31. The molecule has 0 amide bonds. The van der Waals surface area contributed by atoms with Gasteiger partial charge in [0.05, 0.1) is 4.92 Å². The number of anilines is 2. The highest BCUT2D eigenvalue weighted by Gasteiger charge is 2.23. The van der Waals surface area contributed by atoms with Crippen molar-refractivity contribution in [3.05, 3.63) is 22.2 Å². The van der Waals surface area contributed by atoms with Crippen LogP contribution in [-0.4, -0.2) is 15.4 Å². The lowest BCUT2D eigenvalue weighted by atomic mass is 9.99. The molecule has 1 heterocycles. The van der Waals surface area contributed by atoms with Gasteiger partial charge in [0.15, 0.2) is 0 Å². The van der Waals surface area contributed by atoms with Crippen molar-refractivity contribution in [2.24, 2.45) is 0 Å². The van der Waals surface area contributed by atoms with Gasteiger partial charge in [-0.25, -0.2) is 4.98 Å². The van der Waals surface area contributed by atoms with Crippen molar-refractivity contribution in [3.8, 4) is 0 Å². The van der Waals surface area contributed by atoms with E-state index in [0.717, 1.165) is 12.8 Å². The van der Waals surface area contributed by atoms with Crippen molar-refractivity contribution < 1.29 is 4.92 Å². The summed E-state index contributed by atoms with van der Waals surface area (Å²) in [5.41, 5.74) is 5.24. The van der Waals surface area contributed by atoms with Crippen LogP contribution in [0.15, 0.2) is 12.1 Å². The molecule has 0 spiro atoms. The zero-order chi connectivity index (χ0) is 13.1. The van der Waals surface area contributed by atoms with E-state index >= 15 is 0 Å². The van der Waals surface area contributed by atoms with Crippen LogP contribution < -0.4 is 11.1 Å². The summed E-state index contributed by atoms with van der Waals surface area (Å²) in [4.78, 5) is 14.4. The van der Waals surface area contributed by atoms with Crippen molar-refractivity contribution >= 4 is 17.3 Å². The van der Waals surface area contributed by atoms with Crippen LogP contribution in [0.1, 0.15) is 33.6 Å². The number of nitrogens with one attached hydrogen (secondary N) is 1. The van der Waals surface area contributed by atoms with Gasteiger partial charge in [0.1, 0.15) is 5.82 Å². The van der Waals surface area contributed by atoms with E-state index in [2.05, 4.69) is 17.2 Å². The summed E-state index contributed by atoms with van der Waals surface area (Å²) in [5, 5.41) is 13.9. The molecule has 1 rings (SSSR count). The van der Waals surface area contributed by atoms with E-state index in [0.29, 0.717) is 0 Å². The molecule has 94 valence electrons. The van der Waals surface area contributed by atoms with Crippen LogP contribution in [0.4, 0.5) is 17.3 Å². The summed E-state index contributed by atoms with van der Waals surface area (Å²) in [5.74, 6) is 0.499. The second-order valence-electron chi connectivity index (χ2n) is 4.62. The van der Waals surface area contributed by atoms with Crippen molar-refractivity contribution in [1.82, 2.24) is 4.98 Å². The standard InChI is InChI=1S/C11H18N4O2/c1-4-7-11(2,3)14-10-8(15(16)17)5-6-9(12)13-10/h5-6H,4,7H2,1-3H3,(H3,12,13,14). The van der Waals surface area contributed by atoms with Gasteiger partial charge in [0.2, 0.25) is 5.82 Å². The Bertz CT molecular complexity index is 418. The van der Waals surface area contributed by atoms with Crippen LogP contribution in [0, 0.1) is 10.1 Å². The Morgan fingerprint density at radius 2 is 2.18 bits per heavy atom. The molecule has 0 aromatic carbocycles. The number of nitrogens with two attached hydrogens (primary N) is 1. The third-order valence-corrected chi connectivity index (χ3v) is 2.42. The number of hydrogen-bond donors (Lipinski definition) is 2. The van der Waals surface area contributed by atoms with Crippen LogP contribution in [-0.2, 0) is 0 Å². The molecule has 6 heteroatoms. The second-order valence-corrected chi connectivity index (χ2v) is 4.62. The van der Waals surface area contributed by atoms with Crippen LogP contribution in [0.2, 0.25) is 0 Å². The minimum Gasteiger partial charge on any atom is -0.384 e. The third kappa shape index (κ3) is 3.58. The van der Waals surface area contributed by atoms with Crippen LogP contribution in [0.25, 0.3) is 0 Å². The van der Waals surface area contributed by atoms with E-state index in [4.69, 9.17) is 5.73 Å². The Labute approximate surface area is 100 Å². The minimum atomic E-state index is -0.462. The highest BCUT2D eigenvalue weighted by molar-refractivity contribution is 5.60. The number of pyridine rings is 1. The Morgan fingerprint density at radius 3 is 2.71 bits per heavy atom. The van der Waals surface area contributed by atoms with E-state index < -0.39 is 4.92 Å². The molecule has 0 unspecified atom stereocenters. The Balaban J connectivity index is 3.04. The Hall–Kier alpha value is -1.85. The molecule has 0 aliphatic heterocycles. The Morgan fingerprint density at radius 1 is 1.53 bits per heavy atom. The lowest BCUT2D eigenvalue weighted by molar-refractivity contribution is -0.384. The Kier molecular flexibility index (Phi) is 3.88. The smallest absolute Gasteiger partial charge is 0.311 e. The number of aromatic nitrogens is 1. The van der Waals surface area contributed by atoms with Crippen LogP contribution in [0.3, 0.4) is 0 Å². The zero-order valence-corrected chi connectivity index (χ0v) is 10.4.